The van der Waals surface area contributed by atoms with Gasteiger partial charge in [-0.2, -0.15) is 0 Å². The SMILES string of the molecule is CC(=O)O[C@@H]1[C@@H](O)C2=C(COC2=O)[C@@]2(C)CCCC(C)(C)[C@H]12. The molecule has 1 saturated carbocycles. The molecular formula is C17H24O5. The maximum atomic E-state index is 12.0. The van der Waals surface area contributed by atoms with E-state index < -0.39 is 24.1 Å². The molecule has 0 amide bonds. The summed E-state index contributed by atoms with van der Waals surface area (Å²) in [5.74, 6) is -0.924. The Labute approximate surface area is 130 Å². The summed E-state index contributed by atoms with van der Waals surface area (Å²) in [7, 11) is 0. The molecule has 0 unspecified atom stereocenters. The van der Waals surface area contributed by atoms with Crippen molar-refractivity contribution in [1.29, 1.82) is 0 Å². The summed E-state index contributed by atoms with van der Waals surface area (Å²) in [5, 5.41) is 10.7. The molecule has 1 heterocycles. The number of rotatable bonds is 1. The normalized spacial score (nSPS) is 39.9. The highest BCUT2D eigenvalue weighted by atomic mass is 16.6. The van der Waals surface area contributed by atoms with Gasteiger partial charge in [0, 0.05) is 12.8 Å². The fourth-order valence-electron chi connectivity index (χ4n) is 5.09. The molecule has 2 aliphatic carbocycles. The van der Waals surface area contributed by atoms with E-state index >= 15 is 0 Å². The van der Waals surface area contributed by atoms with Crippen molar-refractivity contribution < 1.29 is 24.2 Å². The van der Waals surface area contributed by atoms with Crippen LogP contribution < -0.4 is 0 Å². The summed E-state index contributed by atoms with van der Waals surface area (Å²) in [6.45, 7) is 8.03. The molecule has 0 saturated heterocycles. The number of hydrogen-bond acceptors (Lipinski definition) is 5. The van der Waals surface area contributed by atoms with Gasteiger partial charge < -0.3 is 14.6 Å². The Morgan fingerprint density at radius 3 is 2.64 bits per heavy atom. The molecule has 3 rings (SSSR count). The molecule has 22 heavy (non-hydrogen) atoms. The van der Waals surface area contributed by atoms with Crippen LogP contribution in [0.2, 0.25) is 0 Å². The van der Waals surface area contributed by atoms with Crippen molar-refractivity contribution in [2.24, 2.45) is 16.7 Å². The maximum Gasteiger partial charge on any atom is 0.337 e. The predicted molar refractivity (Wildman–Crippen MR) is 78.8 cm³/mol. The van der Waals surface area contributed by atoms with Crippen molar-refractivity contribution in [2.75, 3.05) is 6.61 Å². The van der Waals surface area contributed by atoms with Crippen molar-refractivity contribution in [2.45, 2.75) is 59.2 Å². The molecular weight excluding hydrogens is 284 g/mol. The number of ether oxygens (including phenoxy) is 2. The van der Waals surface area contributed by atoms with Crippen LogP contribution in [0.1, 0.15) is 47.0 Å². The summed E-state index contributed by atoms with van der Waals surface area (Å²) in [5.41, 5.74) is 0.870. The summed E-state index contributed by atoms with van der Waals surface area (Å²) in [6.07, 6.45) is 1.19. The standard InChI is InChI=1S/C17H24O5/c1-9(18)22-13-12(19)11-10(8-21-15(11)20)17(4)7-5-6-16(2,3)14(13)17/h12-14,19H,5-8H2,1-4H3/t12-,13+,14-,17+/m0/s1. The van der Waals surface area contributed by atoms with Gasteiger partial charge in [-0.1, -0.05) is 27.2 Å². The molecule has 5 nitrogen and oxygen atoms in total. The topological polar surface area (TPSA) is 72.8 Å². The van der Waals surface area contributed by atoms with E-state index in [-0.39, 0.29) is 23.4 Å². The largest absolute Gasteiger partial charge is 0.459 e. The van der Waals surface area contributed by atoms with E-state index in [1.165, 1.54) is 6.92 Å². The monoisotopic (exact) mass is 308 g/mol. The first-order valence-electron chi connectivity index (χ1n) is 7.94. The second-order valence-corrected chi connectivity index (χ2v) is 7.72. The van der Waals surface area contributed by atoms with E-state index in [1.807, 2.05) is 0 Å². The average Bonchev–Trinajstić information content (AvgIpc) is 2.77. The molecule has 1 N–H and O–H groups in total. The summed E-state index contributed by atoms with van der Waals surface area (Å²) >= 11 is 0. The number of carbonyl (C=O) groups is 2. The van der Waals surface area contributed by atoms with Gasteiger partial charge in [0.05, 0.1) is 5.57 Å². The summed E-state index contributed by atoms with van der Waals surface area (Å²) in [4.78, 5) is 23.6. The number of carbonyl (C=O) groups excluding carboxylic acids is 2. The number of hydrogen-bond donors (Lipinski definition) is 1. The lowest BCUT2D eigenvalue weighted by molar-refractivity contribution is -0.174. The van der Waals surface area contributed by atoms with E-state index in [9.17, 15) is 14.7 Å². The number of fused-ring (bicyclic) bond motifs is 2. The maximum absolute atomic E-state index is 12.0. The van der Waals surface area contributed by atoms with Crippen molar-refractivity contribution in [3.8, 4) is 0 Å². The van der Waals surface area contributed by atoms with Crippen molar-refractivity contribution in [1.82, 2.24) is 0 Å². The lowest BCUT2D eigenvalue weighted by Gasteiger charge is -2.56. The molecule has 4 atom stereocenters. The van der Waals surface area contributed by atoms with Crippen LogP contribution in [-0.2, 0) is 19.1 Å². The molecule has 1 aliphatic heterocycles. The third-order valence-corrected chi connectivity index (χ3v) is 5.87. The summed E-state index contributed by atoms with van der Waals surface area (Å²) in [6, 6.07) is 0. The molecule has 3 aliphatic rings. The van der Waals surface area contributed by atoms with E-state index in [4.69, 9.17) is 9.47 Å². The smallest absolute Gasteiger partial charge is 0.337 e. The molecule has 0 spiro atoms. The van der Waals surface area contributed by atoms with Crippen molar-refractivity contribution in [3.63, 3.8) is 0 Å². The third-order valence-electron chi connectivity index (χ3n) is 5.87. The second kappa shape index (κ2) is 4.82. The second-order valence-electron chi connectivity index (χ2n) is 7.72. The molecule has 0 aromatic carbocycles. The van der Waals surface area contributed by atoms with E-state index in [1.54, 1.807) is 0 Å². The van der Waals surface area contributed by atoms with Crippen molar-refractivity contribution in [3.05, 3.63) is 11.1 Å². The Balaban J connectivity index is 2.16. The first kappa shape index (κ1) is 15.5. The molecule has 5 heteroatoms. The molecule has 122 valence electrons. The first-order chi connectivity index (χ1) is 10.2. The zero-order valence-electron chi connectivity index (χ0n) is 13.6. The van der Waals surface area contributed by atoms with E-state index in [2.05, 4.69) is 20.8 Å². The van der Waals surface area contributed by atoms with Crippen LogP contribution in [0.5, 0.6) is 0 Å². The van der Waals surface area contributed by atoms with Gasteiger partial charge in [0.25, 0.3) is 0 Å². The third kappa shape index (κ3) is 2.02. The van der Waals surface area contributed by atoms with Gasteiger partial charge in [0.15, 0.2) is 0 Å². The van der Waals surface area contributed by atoms with Gasteiger partial charge in [-0.15, -0.1) is 0 Å². The molecule has 0 aromatic heterocycles. The Hall–Kier alpha value is -1.36. The van der Waals surface area contributed by atoms with Gasteiger partial charge in [-0.3, -0.25) is 4.79 Å². The Bertz CT molecular complexity index is 561. The van der Waals surface area contributed by atoms with Crippen LogP contribution in [0.3, 0.4) is 0 Å². The molecule has 0 radical (unpaired) electrons. The average molecular weight is 308 g/mol. The van der Waals surface area contributed by atoms with Crippen molar-refractivity contribution >= 4 is 11.9 Å². The van der Waals surface area contributed by atoms with Gasteiger partial charge in [-0.25, -0.2) is 4.79 Å². The van der Waals surface area contributed by atoms with Crippen LogP contribution in [-0.4, -0.2) is 35.9 Å². The van der Waals surface area contributed by atoms with Gasteiger partial charge >= 0.3 is 11.9 Å². The van der Waals surface area contributed by atoms with Gasteiger partial charge in [0.1, 0.15) is 18.8 Å². The minimum Gasteiger partial charge on any atom is -0.459 e. The van der Waals surface area contributed by atoms with Crippen LogP contribution in [0.4, 0.5) is 0 Å². The van der Waals surface area contributed by atoms with Crippen LogP contribution >= 0.6 is 0 Å². The first-order valence-corrected chi connectivity index (χ1v) is 7.94. The molecule has 0 aromatic rings. The number of cyclic esters (lactones) is 1. The Kier molecular flexibility index (Phi) is 3.40. The Morgan fingerprint density at radius 1 is 1.32 bits per heavy atom. The quantitative estimate of drug-likeness (QED) is 0.750. The highest BCUT2D eigenvalue weighted by molar-refractivity contribution is 5.94. The highest BCUT2D eigenvalue weighted by Crippen LogP contribution is 2.61. The number of aliphatic hydroxyl groups excluding tert-OH is 1. The van der Waals surface area contributed by atoms with Crippen LogP contribution in [0.25, 0.3) is 0 Å². The van der Waals surface area contributed by atoms with E-state index in [0.29, 0.717) is 5.57 Å². The highest BCUT2D eigenvalue weighted by Gasteiger charge is 2.61. The zero-order chi connectivity index (χ0) is 16.3. The van der Waals surface area contributed by atoms with E-state index in [0.717, 1.165) is 24.8 Å². The Morgan fingerprint density at radius 2 is 2.00 bits per heavy atom. The van der Waals surface area contributed by atoms with Gasteiger partial charge in [-0.05, 0) is 29.2 Å². The number of aliphatic hydroxyl groups is 1. The minimum atomic E-state index is -1.09. The molecule has 0 bridgehead atoms. The van der Waals surface area contributed by atoms with Crippen LogP contribution in [0.15, 0.2) is 11.1 Å². The predicted octanol–water partition coefficient (Wildman–Crippen LogP) is 1.98. The minimum absolute atomic E-state index is 0.0269. The lowest BCUT2D eigenvalue weighted by atomic mass is 9.49. The fourth-order valence-corrected chi connectivity index (χ4v) is 5.09. The van der Waals surface area contributed by atoms with Gasteiger partial charge in [0.2, 0.25) is 0 Å². The summed E-state index contributed by atoms with van der Waals surface area (Å²) < 4.78 is 10.7. The molecule has 1 fully saturated rings. The zero-order valence-corrected chi connectivity index (χ0v) is 13.6. The van der Waals surface area contributed by atoms with Crippen LogP contribution in [0, 0.1) is 16.7 Å². The number of esters is 2. The fraction of sp³-hybridized carbons (Fsp3) is 0.765. The lowest BCUT2D eigenvalue weighted by Crippen LogP contribution is -2.58.